The van der Waals surface area contributed by atoms with Crippen LogP contribution in [0.1, 0.15) is 6.42 Å². The van der Waals surface area contributed by atoms with Crippen molar-refractivity contribution in [3.8, 4) is 11.5 Å². The number of hydrogen-bond donors (Lipinski definition) is 1. The molecule has 1 unspecified atom stereocenters. The molecule has 4 rings (SSSR count). The summed E-state index contributed by atoms with van der Waals surface area (Å²) in [6.45, 7) is 1.43. The van der Waals surface area contributed by atoms with E-state index >= 15 is 0 Å². The first-order chi connectivity index (χ1) is 14.3. The number of sulfonamides is 1. The second-order valence-electron chi connectivity index (χ2n) is 6.47. The lowest BCUT2D eigenvalue weighted by molar-refractivity contribution is 0.473. The van der Waals surface area contributed by atoms with E-state index in [9.17, 15) is 12.8 Å². The van der Waals surface area contributed by atoms with Gasteiger partial charge in [-0.3, -0.25) is 4.72 Å². The predicted octanol–water partition coefficient (Wildman–Crippen LogP) is 4.74. The lowest BCUT2D eigenvalue weighted by atomic mass is 10.2. The molecule has 0 saturated carbocycles. The molecule has 1 aliphatic heterocycles. The van der Waals surface area contributed by atoms with E-state index < -0.39 is 20.7 Å². The summed E-state index contributed by atoms with van der Waals surface area (Å²) in [5.41, 5.74) is 0.798. The maximum absolute atomic E-state index is 14.7. The zero-order valence-electron chi connectivity index (χ0n) is 15.3. The summed E-state index contributed by atoms with van der Waals surface area (Å²) >= 11 is 13.3. The number of ether oxygens (including phenoxy) is 1. The first-order valence-corrected chi connectivity index (χ1v) is 11.8. The van der Waals surface area contributed by atoms with Gasteiger partial charge in [0, 0.05) is 30.7 Å². The van der Waals surface area contributed by atoms with Gasteiger partial charge in [0.15, 0.2) is 5.75 Å². The monoisotopic (exact) mass is 488 g/mol. The summed E-state index contributed by atoms with van der Waals surface area (Å²) in [5, 5.41) is 0.00702. The zero-order valence-corrected chi connectivity index (χ0v) is 18.4. The fourth-order valence-corrected chi connectivity index (χ4v) is 5.32. The Bertz CT molecular complexity index is 1160. The Kier molecular flexibility index (Phi) is 6.01. The van der Waals surface area contributed by atoms with Gasteiger partial charge >= 0.3 is 0 Å². The molecule has 1 aromatic heterocycles. The standard InChI is InChI=1S/C18H15Cl2FN4O3S2/c19-11-5-6-25(9-11)14-3-1-2-4-15(14)28-16-8-13(21)17(7-12(16)20)30(26,27)24-18-22-10-23-29-18/h1-4,7-8,10-11H,5-6,9H2,(H,22,23,24). The van der Waals surface area contributed by atoms with Crippen LogP contribution >= 0.6 is 34.7 Å². The number of anilines is 2. The molecule has 2 aromatic carbocycles. The summed E-state index contributed by atoms with van der Waals surface area (Å²) in [4.78, 5) is 5.18. The summed E-state index contributed by atoms with van der Waals surface area (Å²) in [6, 6.07) is 9.19. The van der Waals surface area contributed by atoms with Gasteiger partial charge in [-0.2, -0.15) is 4.37 Å². The molecule has 0 spiro atoms. The van der Waals surface area contributed by atoms with E-state index in [1.54, 1.807) is 12.1 Å². The highest BCUT2D eigenvalue weighted by molar-refractivity contribution is 7.93. The van der Waals surface area contributed by atoms with E-state index in [4.69, 9.17) is 27.9 Å². The quantitative estimate of drug-likeness (QED) is 0.504. The molecular formula is C18H15Cl2FN4O3S2. The molecular weight excluding hydrogens is 474 g/mol. The fourth-order valence-electron chi connectivity index (χ4n) is 3.04. The van der Waals surface area contributed by atoms with Crippen LogP contribution in [0.5, 0.6) is 11.5 Å². The van der Waals surface area contributed by atoms with Crippen LogP contribution < -0.4 is 14.4 Å². The third kappa shape index (κ3) is 4.46. The van der Waals surface area contributed by atoms with Crippen LogP contribution in [0.25, 0.3) is 0 Å². The Balaban J connectivity index is 1.62. The molecule has 1 atom stereocenters. The van der Waals surface area contributed by atoms with Gasteiger partial charge in [0.1, 0.15) is 22.8 Å². The molecule has 1 fully saturated rings. The Labute approximate surface area is 186 Å². The molecule has 3 aromatic rings. The normalized spacial score (nSPS) is 16.6. The summed E-state index contributed by atoms with van der Waals surface area (Å²) in [7, 11) is -4.23. The molecule has 1 N–H and O–H groups in total. The van der Waals surface area contributed by atoms with Crippen molar-refractivity contribution in [1.82, 2.24) is 9.36 Å². The van der Waals surface area contributed by atoms with Crippen LogP contribution in [-0.2, 0) is 10.0 Å². The minimum absolute atomic E-state index is 0.00176. The predicted molar refractivity (Wildman–Crippen MR) is 115 cm³/mol. The number of nitrogens with one attached hydrogen (secondary N) is 1. The van der Waals surface area contributed by atoms with Crippen LogP contribution in [-0.4, -0.2) is 36.2 Å². The van der Waals surface area contributed by atoms with Crippen LogP contribution in [0.4, 0.5) is 15.2 Å². The van der Waals surface area contributed by atoms with Gasteiger partial charge < -0.3 is 9.64 Å². The van der Waals surface area contributed by atoms with Gasteiger partial charge in [-0.15, -0.1) is 11.6 Å². The van der Waals surface area contributed by atoms with Crippen molar-refractivity contribution in [3.05, 3.63) is 53.6 Å². The largest absolute Gasteiger partial charge is 0.454 e. The number of rotatable bonds is 6. The van der Waals surface area contributed by atoms with Gasteiger partial charge in [0.05, 0.1) is 16.1 Å². The number of para-hydroxylation sites is 2. The number of benzene rings is 2. The van der Waals surface area contributed by atoms with Crippen molar-refractivity contribution in [2.45, 2.75) is 16.7 Å². The highest BCUT2D eigenvalue weighted by Crippen LogP contribution is 2.39. The molecule has 0 radical (unpaired) electrons. The number of nitrogens with zero attached hydrogens (tertiary/aromatic N) is 3. The van der Waals surface area contributed by atoms with E-state index in [0.717, 1.165) is 42.3 Å². The van der Waals surface area contributed by atoms with Crippen molar-refractivity contribution in [3.63, 3.8) is 0 Å². The average molecular weight is 489 g/mol. The van der Waals surface area contributed by atoms with Gasteiger partial charge in [-0.05, 0) is 24.6 Å². The average Bonchev–Trinajstić information content (AvgIpc) is 3.36. The van der Waals surface area contributed by atoms with Crippen LogP contribution in [0.2, 0.25) is 5.02 Å². The van der Waals surface area contributed by atoms with Gasteiger partial charge in [-0.25, -0.2) is 17.8 Å². The van der Waals surface area contributed by atoms with E-state index in [-0.39, 0.29) is 21.3 Å². The fraction of sp³-hybridized carbons (Fsp3) is 0.222. The Hall–Kier alpha value is -2.14. The van der Waals surface area contributed by atoms with Crippen molar-refractivity contribution < 1.29 is 17.5 Å². The van der Waals surface area contributed by atoms with E-state index in [2.05, 4.69) is 19.0 Å². The van der Waals surface area contributed by atoms with Crippen LogP contribution in [0.15, 0.2) is 47.6 Å². The molecule has 0 bridgehead atoms. The molecule has 1 saturated heterocycles. The van der Waals surface area contributed by atoms with Crippen molar-refractivity contribution in [1.29, 1.82) is 0 Å². The molecule has 158 valence electrons. The lowest BCUT2D eigenvalue weighted by Crippen LogP contribution is -2.20. The SMILES string of the molecule is O=S(=O)(Nc1ncns1)c1cc(Cl)c(Oc2ccccc2N2CCC(Cl)C2)cc1F. The maximum atomic E-state index is 14.7. The number of alkyl halides is 1. The molecule has 1 aliphatic rings. The highest BCUT2D eigenvalue weighted by atomic mass is 35.5. The number of hydrogen-bond acceptors (Lipinski definition) is 7. The van der Waals surface area contributed by atoms with Crippen molar-refractivity contribution >= 4 is 55.6 Å². The topological polar surface area (TPSA) is 84.4 Å². The van der Waals surface area contributed by atoms with E-state index in [1.807, 2.05) is 12.1 Å². The Morgan fingerprint density at radius 3 is 2.77 bits per heavy atom. The van der Waals surface area contributed by atoms with Gasteiger partial charge in [-0.1, -0.05) is 23.7 Å². The first-order valence-electron chi connectivity index (χ1n) is 8.78. The minimum atomic E-state index is -4.23. The van der Waals surface area contributed by atoms with E-state index in [0.29, 0.717) is 12.3 Å². The zero-order chi connectivity index (χ0) is 21.3. The molecule has 0 aliphatic carbocycles. The lowest BCUT2D eigenvalue weighted by Gasteiger charge is -2.21. The van der Waals surface area contributed by atoms with Gasteiger partial charge in [0.2, 0.25) is 5.13 Å². The Morgan fingerprint density at radius 2 is 2.07 bits per heavy atom. The Morgan fingerprint density at radius 1 is 1.27 bits per heavy atom. The third-order valence-corrected chi connectivity index (χ3v) is 7.13. The minimum Gasteiger partial charge on any atom is -0.454 e. The number of halogens is 3. The van der Waals surface area contributed by atoms with Crippen LogP contribution in [0.3, 0.4) is 0 Å². The second-order valence-corrected chi connectivity index (χ2v) is 9.92. The second kappa shape index (κ2) is 8.54. The highest BCUT2D eigenvalue weighted by Gasteiger charge is 2.25. The maximum Gasteiger partial charge on any atom is 0.266 e. The molecule has 2 heterocycles. The van der Waals surface area contributed by atoms with E-state index in [1.165, 1.54) is 6.33 Å². The molecule has 30 heavy (non-hydrogen) atoms. The van der Waals surface area contributed by atoms with Crippen molar-refractivity contribution in [2.24, 2.45) is 0 Å². The third-order valence-electron chi connectivity index (χ3n) is 4.42. The molecule has 0 amide bonds. The van der Waals surface area contributed by atoms with Gasteiger partial charge in [0.25, 0.3) is 10.0 Å². The first kappa shape index (κ1) is 21.1. The molecule has 7 nitrogen and oxygen atoms in total. The summed E-state index contributed by atoms with van der Waals surface area (Å²) < 4.78 is 51.3. The molecule has 12 heteroatoms. The van der Waals surface area contributed by atoms with Crippen molar-refractivity contribution in [2.75, 3.05) is 22.7 Å². The van der Waals surface area contributed by atoms with Crippen LogP contribution in [0, 0.1) is 5.82 Å². The number of aromatic nitrogens is 2. The summed E-state index contributed by atoms with van der Waals surface area (Å²) in [5.74, 6) is -0.545. The smallest absolute Gasteiger partial charge is 0.266 e. The summed E-state index contributed by atoms with van der Waals surface area (Å²) in [6.07, 6.45) is 2.03.